The molecule has 0 saturated carbocycles. The summed E-state index contributed by atoms with van der Waals surface area (Å²) in [6.07, 6.45) is 3.43. The highest BCUT2D eigenvalue weighted by atomic mass is 35.5. The highest BCUT2D eigenvalue weighted by Gasteiger charge is 2.76. The number of methoxy groups -OCH3 is 1. The zero-order valence-corrected chi connectivity index (χ0v) is 31.8. The Morgan fingerprint density at radius 3 is 2.51 bits per heavy atom. The maximum atomic E-state index is 15.1. The number of anilines is 1. The number of ether oxygens (including phenoxy) is 3. The van der Waals surface area contributed by atoms with E-state index in [1.54, 1.807) is 36.4 Å². The number of rotatable bonds is 18. The molecule has 3 aliphatic heterocycles. The van der Waals surface area contributed by atoms with E-state index in [0.717, 1.165) is 5.56 Å². The van der Waals surface area contributed by atoms with Crippen LogP contribution in [0.3, 0.4) is 0 Å². The number of likely N-dealkylation sites (tertiary alicyclic amines) is 1. The summed E-state index contributed by atoms with van der Waals surface area (Å²) in [7, 11) is 1.50. The molecule has 2 aromatic rings. The number of aliphatic hydroxyl groups excluding tert-OH is 1. The lowest BCUT2D eigenvalue weighted by Crippen LogP contribution is -2.59. The second-order valence-electron chi connectivity index (χ2n) is 14.6. The molecule has 3 aliphatic rings. The predicted octanol–water partition coefficient (Wildman–Crippen LogP) is 5.33. The van der Waals surface area contributed by atoms with Crippen molar-refractivity contribution in [3.05, 3.63) is 90.0 Å². The fourth-order valence-electron chi connectivity index (χ4n) is 8.51. The first-order chi connectivity index (χ1) is 25.4. The molecule has 3 saturated heterocycles. The van der Waals surface area contributed by atoms with Gasteiger partial charge in [0.25, 0.3) is 5.91 Å². The summed E-state index contributed by atoms with van der Waals surface area (Å²) in [5.74, 6) is -3.83. The van der Waals surface area contributed by atoms with Crippen LogP contribution in [0, 0.1) is 24.7 Å². The molecule has 2 bridgehead atoms. The number of carbonyl (C=O) groups is 4. The van der Waals surface area contributed by atoms with Crippen LogP contribution < -0.4 is 10.2 Å². The normalized spacial score (nSPS) is 24.7. The van der Waals surface area contributed by atoms with Crippen molar-refractivity contribution in [3.8, 4) is 0 Å². The molecule has 53 heavy (non-hydrogen) atoms. The number of allylic oxidation sites excluding steroid dienone is 1. The zero-order valence-electron chi connectivity index (χ0n) is 31.0. The van der Waals surface area contributed by atoms with Gasteiger partial charge in [-0.1, -0.05) is 80.1 Å². The lowest BCUT2D eigenvalue weighted by molar-refractivity contribution is -0.163. The van der Waals surface area contributed by atoms with Crippen molar-refractivity contribution in [2.24, 2.45) is 17.8 Å². The second-order valence-corrected chi connectivity index (χ2v) is 15.0. The van der Waals surface area contributed by atoms with E-state index < -0.39 is 65.6 Å². The fourth-order valence-corrected chi connectivity index (χ4v) is 8.83. The van der Waals surface area contributed by atoms with Crippen molar-refractivity contribution >= 4 is 41.0 Å². The van der Waals surface area contributed by atoms with Crippen LogP contribution in [-0.4, -0.2) is 90.4 Å². The third kappa shape index (κ3) is 7.94. The Bertz CT molecular complexity index is 1650. The van der Waals surface area contributed by atoms with Gasteiger partial charge < -0.3 is 34.4 Å². The number of esters is 1. The number of nitrogens with one attached hydrogen (secondary N) is 1. The Labute approximate surface area is 317 Å². The number of amides is 3. The highest BCUT2D eigenvalue weighted by molar-refractivity contribution is 6.34. The minimum absolute atomic E-state index is 0.0436. The van der Waals surface area contributed by atoms with E-state index >= 15 is 4.79 Å². The summed E-state index contributed by atoms with van der Waals surface area (Å²) < 4.78 is 18.5. The van der Waals surface area contributed by atoms with Gasteiger partial charge in [0, 0.05) is 20.1 Å². The predicted molar refractivity (Wildman–Crippen MR) is 202 cm³/mol. The number of para-hydroxylation sites is 1. The average Bonchev–Trinajstić information content (AvgIpc) is 3.78. The SMILES string of the molecule is C=CCCC(=O)N[C@@H](COC)[C@@H](OC(=O)[C@@H]1[C@H]2C(=O)N([C@@H](CO)CC(C)C)[C@H](C(=O)N(CC=C)c3c(C)cccc3Cl)[C@]23CC[C@H]1O3)c1ccccc1. The number of carbonyl (C=O) groups excluding carboxylic acids is 4. The molecule has 3 amide bonds. The van der Waals surface area contributed by atoms with Crippen LogP contribution in [0.2, 0.25) is 5.02 Å². The lowest BCUT2D eigenvalue weighted by Gasteiger charge is -2.40. The molecule has 0 radical (unpaired) electrons. The molecule has 8 atom stereocenters. The van der Waals surface area contributed by atoms with Gasteiger partial charge in [0.2, 0.25) is 11.8 Å². The van der Waals surface area contributed by atoms with Crippen LogP contribution in [-0.2, 0) is 33.4 Å². The van der Waals surface area contributed by atoms with E-state index in [0.29, 0.717) is 42.0 Å². The molecule has 5 rings (SSSR count). The Morgan fingerprint density at radius 1 is 1.15 bits per heavy atom. The van der Waals surface area contributed by atoms with Crippen LogP contribution in [0.4, 0.5) is 5.69 Å². The smallest absolute Gasteiger partial charge is 0.313 e. The lowest BCUT2D eigenvalue weighted by atomic mass is 9.70. The molecule has 3 heterocycles. The van der Waals surface area contributed by atoms with E-state index in [-0.39, 0.29) is 38.0 Å². The summed E-state index contributed by atoms with van der Waals surface area (Å²) in [6.45, 7) is 13.2. The minimum atomic E-state index is -1.37. The average molecular weight is 750 g/mol. The van der Waals surface area contributed by atoms with Crippen molar-refractivity contribution < 1.29 is 38.5 Å². The first kappa shape index (κ1) is 40.2. The first-order valence-electron chi connectivity index (χ1n) is 18.4. The Balaban J connectivity index is 1.56. The molecule has 0 aromatic heterocycles. The van der Waals surface area contributed by atoms with Crippen molar-refractivity contribution in [1.82, 2.24) is 10.2 Å². The molecule has 3 fully saturated rings. The van der Waals surface area contributed by atoms with Crippen LogP contribution in [0.5, 0.6) is 0 Å². The largest absolute Gasteiger partial charge is 0.455 e. The monoisotopic (exact) mass is 749 g/mol. The van der Waals surface area contributed by atoms with Gasteiger partial charge in [0.1, 0.15) is 17.7 Å². The van der Waals surface area contributed by atoms with E-state index in [1.807, 2.05) is 45.0 Å². The van der Waals surface area contributed by atoms with Crippen molar-refractivity contribution in [2.75, 3.05) is 31.8 Å². The molecule has 12 heteroatoms. The van der Waals surface area contributed by atoms with Crippen LogP contribution in [0.15, 0.2) is 73.8 Å². The minimum Gasteiger partial charge on any atom is -0.455 e. The highest BCUT2D eigenvalue weighted by Crippen LogP contribution is 2.60. The number of halogens is 1. The molecular formula is C41H52ClN3O8. The van der Waals surface area contributed by atoms with Gasteiger partial charge in [0.15, 0.2) is 0 Å². The number of benzene rings is 2. The Kier molecular flexibility index (Phi) is 13.2. The molecule has 0 unspecified atom stereocenters. The maximum absolute atomic E-state index is 15.1. The zero-order chi connectivity index (χ0) is 38.4. The Hall–Kier alpha value is -4.03. The van der Waals surface area contributed by atoms with Crippen molar-refractivity contribution in [1.29, 1.82) is 0 Å². The third-order valence-corrected chi connectivity index (χ3v) is 10.9. The first-order valence-corrected chi connectivity index (χ1v) is 18.7. The number of aryl methyl sites for hydroxylation is 1. The number of fused-ring (bicyclic) bond motifs is 1. The standard InChI is InChI=1S/C41H52ClN3O8/c1-7-9-18-32(47)43-30(24-51-6)36(27-15-11-10-12-16-27)52-40(50)33-31-19-20-41(53-31)34(33)38(48)45(28(23-46)22-25(3)4)37(41)39(49)44(21-8-2)35-26(5)14-13-17-29(35)42/h7-8,10-17,25,28,30-31,33-34,36-37,46H,1-2,9,18-24H2,3-6H3,(H,43,47)/t28-,30+,31-,33+,34+,36+,37-,41+/m1/s1. The van der Waals surface area contributed by atoms with Gasteiger partial charge in [-0.2, -0.15) is 0 Å². The molecule has 0 aliphatic carbocycles. The summed E-state index contributed by atoms with van der Waals surface area (Å²) >= 11 is 6.71. The van der Waals surface area contributed by atoms with E-state index in [1.165, 1.54) is 16.9 Å². The van der Waals surface area contributed by atoms with E-state index in [2.05, 4.69) is 18.5 Å². The quantitative estimate of drug-likeness (QED) is 0.154. The van der Waals surface area contributed by atoms with Gasteiger partial charge >= 0.3 is 5.97 Å². The summed E-state index contributed by atoms with van der Waals surface area (Å²) in [5.41, 5.74) is 0.509. The molecule has 2 N–H and O–H groups in total. The molecule has 1 spiro atoms. The van der Waals surface area contributed by atoms with Crippen molar-refractivity contribution in [2.45, 2.75) is 88.8 Å². The molecule has 2 aromatic carbocycles. The third-order valence-electron chi connectivity index (χ3n) is 10.6. The number of nitrogens with zero attached hydrogens (tertiary/aromatic N) is 2. The van der Waals surface area contributed by atoms with Crippen LogP contribution >= 0.6 is 11.6 Å². The van der Waals surface area contributed by atoms with E-state index in [4.69, 9.17) is 25.8 Å². The van der Waals surface area contributed by atoms with E-state index in [9.17, 15) is 19.5 Å². The molecule has 286 valence electrons. The molecular weight excluding hydrogens is 698 g/mol. The van der Waals surface area contributed by atoms with Crippen LogP contribution in [0.1, 0.15) is 63.2 Å². The summed E-state index contributed by atoms with van der Waals surface area (Å²) in [6, 6.07) is 11.8. The second kappa shape index (κ2) is 17.4. The summed E-state index contributed by atoms with van der Waals surface area (Å²) in [5, 5.41) is 14.1. The van der Waals surface area contributed by atoms with Gasteiger partial charge in [-0.05, 0) is 55.7 Å². The number of aliphatic hydroxyl groups is 1. The summed E-state index contributed by atoms with van der Waals surface area (Å²) in [4.78, 5) is 60.5. The maximum Gasteiger partial charge on any atom is 0.313 e. The Morgan fingerprint density at radius 2 is 1.89 bits per heavy atom. The fraction of sp³-hybridized carbons (Fsp3) is 0.512. The van der Waals surface area contributed by atoms with Gasteiger partial charge in [-0.25, -0.2) is 0 Å². The van der Waals surface area contributed by atoms with Gasteiger partial charge in [-0.3, -0.25) is 19.2 Å². The van der Waals surface area contributed by atoms with Gasteiger partial charge in [-0.15, -0.1) is 13.2 Å². The molecule has 11 nitrogen and oxygen atoms in total. The number of hydrogen-bond acceptors (Lipinski definition) is 8. The van der Waals surface area contributed by atoms with Gasteiger partial charge in [0.05, 0.1) is 53.9 Å². The number of hydrogen-bond donors (Lipinski definition) is 2. The topological polar surface area (TPSA) is 135 Å². The van der Waals surface area contributed by atoms with Crippen molar-refractivity contribution in [3.63, 3.8) is 0 Å². The van der Waals surface area contributed by atoms with Crippen LogP contribution in [0.25, 0.3) is 0 Å².